The Labute approximate surface area is 85.6 Å². The molecule has 0 N–H and O–H groups in total. The minimum atomic E-state index is -4.65. The van der Waals surface area contributed by atoms with Crippen molar-refractivity contribution < 1.29 is 21.6 Å². The van der Waals surface area contributed by atoms with Crippen molar-refractivity contribution in [2.24, 2.45) is 0 Å². The molecule has 0 heterocycles. The normalized spacial score (nSPS) is 12.9. The molecule has 0 radical (unpaired) electrons. The third-order valence-corrected chi connectivity index (χ3v) is 2.99. The molecular weight excluding hydrogens is 229 g/mol. The van der Waals surface area contributed by atoms with Gasteiger partial charge < -0.3 is 0 Å². The van der Waals surface area contributed by atoms with Gasteiger partial charge in [-0.25, -0.2) is 8.42 Å². The highest BCUT2D eigenvalue weighted by atomic mass is 32.2. The maximum absolute atomic E-state index is 12.5. The average Bonchev–Trinajstić information content (AvgIpc) is 2.00. The van der Waals surface area contributed by atoms with Crippen LogP contribution in [0.25, 0.3) is 0 Å². The summed E-state index contributed by atoms with van der Waals surface area (Å²) in [6, 6.07) is 3.15. The van der Waals surface area contributed by atoms with Crippen LogP contribution in [-0.2, 0) is 16.0 Å². The monoisotopic (exact) mass is 238 g/mol. The number of aryl methyl sites for hydroxylation is 1. The molecule has 1 rings (SSSR count). The van der Waals surface area contributed by atoms with Gasteiger partial charge in [-0.3, -0.25) is 0 Å². The summed E-state index contributed by atoms with van der Waals surface area (Å²) >= 11 is 0. The molecule has 2 nitrogen and oxygen atoms in total. The molecule has 84 valence electrons. The van der Waals surface area contributed by atoms with Gasteiger partial charge in [0, 0.05) is 6.26 Å². The number of alkyl halides is 3. The van der Waals surface area contributed by atoms with E-state index in [0.717, 1.165) is 18.4 Å². The number of sulfone groups is 1. The van der Waals surface area contributed by atoms with Crippen molar-refractivity contribution in [2.75, 3.05) is 6.26 Å². The van der Waals surface area contributed by atoms with Crippen LogP contribution in [0.4, 0.5) is 13.2 Å². The maximum Gasteiger partial charge on any atom is 0.417 e. The fraction of sp³-hybridized carbons (Fsp3) is 0.333. The van der Waals surface area contributed by atoms with E-state index in [-0.39, 0.29) is 0 Å². The van der Waals surface area contributed by atoms with Crippen LogP contribution in [0.1, 0.15) is 11.1 Å². The van der Waals surface area contributed by atoms with Crippen molar-refractivity contribution in [3.05, 3.63) is 29.3 Å². The van der Waals surface area contributed by atoms with Crippen molar-refractivity contribution in [3.63, 3.8) is 0 Å². The molecule has 0 atom stereocenters. The lowest BCUT2D eigenvalue weighted by atomic mass is 10.1. The summed E-state index contributed by atoms with van der Waals surface area (Å²) in [6.45, 7) is 1.47. The molecule has 0 spiro atoms. The molecular formula is C9H9F3O2S. The van der Waals surface area contributed by atoms with E-state index < -0.39 is 26.5 Å². The molecule has 0 bridgehead atoms. The Bertz CT molecular complexity index is 475. The number of hydrogen-bond acceptors (Lipinski definition) is 2. The Balaban J connectivity index is 3.55. The van der Waals surface area contributed by atoms with E-state index in [1.807, 2.05) is 0 Å². The van der Waals surface area contributed by atoms with Crippen LogP contribution < -0.4 is 0 Å². The van der Waals surface area contributed by atoms with Crippen LogP contribution in [0.15, 0.2) is 23.1 Å². The summed E-state index contributed by atoms with van der Waals surface area (Å²) in [7, 11) is -3.85. The van der Waals surface area contributed by atoms with Gasteiger partial charge in [0.1, 0.15) is 0 Å². The van der Waals surface area contributed by atoms with E-state index in [1.54, 1.807) is 0 Å². The van der Waals surface area contributed by atoms with Gasteiger partial charge in [0.15, 0.2) is 9.84 Å². The summed E-state index contributed by atoms with van der Waals surface area (Å²) in [5, 5.41) is 0. The summed E-state index contributed by atoms with van der Waals surface area (Å²) in [5.41, 5.74) is -0.736. The third kappa shape index (κ3) is 2.71. The number of benzene rings is 1. The van der Waals surface area contributed by atoms with E-state index in [0.29, 0.717) is 5.56 Å². The fourth-order valence-corrected chi connectivity index (χ4v) is 2.08. The molecule has 1 aromatic rings. The zero-order valence-electron chi connectivity index (χ0n) is 8.09. The Kier molecular flexibility index (Phi) is 2.82. The minimum Gasteiger partial charge on any atom is -0.224 e. The zero-order valence-corrected chi connectivity index (χ0v) is 8.91. The van der Waals surface area contributed by atoms with E-state index in [1.165, 1.54) is 13.0 Å². The van der Waals surface area contributed by atoms with Crippen LogP contribution >= 0.6 is 0 Å². The van der Waals surface area contributed by atoms with E-state index in [4.69, 9.17) is 0 Å². The van der Waals surface area contributed by atoms with Crippen LogP contribution in [0, 0.1) is 6.92 Å². The van der Waals surface area contributed by atoms with Crippen LogP contribution in [0.2, 0.25) is 0 Å². The third-order valence-electron chi connectivity index (χ3n) is 1.84. The van der Waals surface area contributed by atoms with Crippen LogP contribution in [0.5, 0.6) is 0 Å². The molecule has 0 amide bonds. The molecule has 0 saturated heterocycles. The lowest BCUT2D eigenvalue weighted by molar-refractivity contribution is -0.139. The molecule has 0 aliphatic heterocycles. The van der Waals surface area contributed by atoms with Crippen molar-refractivity contribution in [3.8, 4) is 0 Å². The topological polar surface area (TPSA) is 34.1 Å². The highest BCUT2D eigenvalue weighted by Crippen LogP contribution is 2.34. The average molecular weight is 238 g/mol. The van der Waals surface area contributed by atoms with Crippen LogP contribution in [-0.4, -0.2) is 14.7 Å². The van der Waals surface area contributed by atoms with E-state index in [9.17, 15) is 21.6 Å². The molecule has 0 aliphatic rings. The SMILES string of the molecule is Cc1ccc(S(C)(=O)=O)c(C(F)(F)F)c1. The molecule has 0 aliphatic carbocycles. The summed E-state index contributed by atoms with van der Waals surface area (Å²) in [5.74, 6) is 0. The molecule has 6 heteroatoms. The molecule has 0 saturated carbocycles. The smallest absolute Gasteiger partial charge is 0.224 e. The largest absolute Gasteiger partial charge is 0.417 e. The summed E-state index contributed by atoms with van der Waals surface area (Å²) in [4.78, 5) is -0.680. The molecule has 0 fully saturated rings. The molecule has 15 heavy (non-hydrogen) atoms. The maximum atomic E-state index is 12.5. The molecule has 0 aromatic heterocycles. The first kappa shape index (κ1) is 12.0. The molecule has 0 unspecified atom stereocenters. The van der Waals surface area contributed by atoms with Gasteiger partial charge >= 0.3 is 6.18 Å². The van der Waals surface area contributed by atoms with Crippen molar-refractivity contribution in [1.82, 2.24) is 0 Å². The van der Waals surface area contributed by atoms with Gasteiger partial charge in [-0.15, -0.1) is 0 Å². The first-order valence-electron chi connectivity index (χ1n) is 4.00. The Morgan fingerprint density at radius 3 is 2.13 bits per heavy atom. The second-order valence-corrected chi connectivity index (χ2v) is 5.25. The van der Waals surface area contributed by atoms with Gasteiger partial charge in [-0.1, -0.05) is 11.6 Å². The quantitative estimate of drug-likeness (QED) is 0.753. The lowest BCUT2D eigenvalue weighted by Gasteiger charge is -2.11. The number of rotatable bonds is 1. The number of halogens is 3. The van der Waals surface area contributed by atoms with Gasteiger partial charge in [-0.05, 0) is 19.1 Å². The minimum absolute atomic E-state index is 0.370. The predicted molar refractivity (Wildman–Crippen MR) is 49.3 cm³/mol. The van der Waals surface area contributed by atoms with Crippen LogP contribution in [0.3, 0.4) is 0 Å². The second kappa shape index (κ2) is 3.52. The summed E-state index contributed by atoms with van der Waals surface area (Å²) < 4.78 is 59.7. The van der Waals surface area contributed by atoms with Crippen molar-refractivity contribution in [1.29, 1.82) is 0 Å². The summed E-state index contributed by atoms with van der Waals surface area (Å²) in [6.07, 6.45) is -3.89. The van der Waals surface area contributed by atoms with Crippen molar-refractivity contribution in [2.45, 2.75) is 18.0 Å². The first-order chi connectivity index (χ1) is 6.62. The highest BCUT2D eigenvalue weighted by molar-refractivity contribution is 7.90. The van der Waals surface area contributed by atoms with Gasteiger partial charge in [0.05, 0.1) is 10.5 Å². The lowest BCUT2D eigenvalue weighted by Crippen LogP contribution is -2.12. The Morgan fingerprint density at radius 2 is 1.73 bits per heavy atom. The standard InChI is InChI=1S/C9H9F3O2S/c1-6-3-4-8(15(2,13)14)7(5-6)9(10,11)12/h3-5H,1-2H3. The Morgan fingerprint density at radius 1 is 1.20 bits per heavy atom. The zero-order chi connectivity index (χ0) is 11.9. The second-order valence-electron chi connectivity index (χ2n) is 3.27. The van der Waals surface area contributed by atoms with E-state index in [2.05, 4.69) is 0 Å². The highest BCUT2D eigenvalue weighted by Gasteiger charge is 2.35. The predicted octanol–water partition coefficient (Wildman–Crippen LogP) is 2.42. The molecule has 1 aromatic carbocycles. The van der Waals surface area contributed by atoms with Gasteiger partial charge in [0.2, 0.25) is 0 Å². The Hall–Kier alpha value is -1.04. The fourth-order valence-electron chi connectivity index (χ4n) is 1.19. The van der Waals surface area contributed by atoms with Gasteiger partial charge in [-0.2, -0.15) is 13.2 Å². The van der Waals surface area contributed by atoms with Gasteiger partial charge in [0.25, 0.3) is 0 Å². The number of hydrogen-bond donors (Lipinski definition) is 0. The van der Waals surface area contributed by atoms with Crippen molar-refractivity contribution >= 4 is 9.84 Å². The van der Waals surface area contributed by atoms with E-state index >= 15 is 0 Å². The first-order valence-corrected chi connectivity index (χ1v) is 5.89.